The van der Waals surface area contributed by atoms with Gasteiger partial charge in [-0.25, -0.2) is 4.68 Å². The van der Waals surface area contributed by atoms with E-state index in [0.717, 1.165) is 57.0 Å². The lowest BCUT2D eigenvalue weighted by atomic mass is 10.1. The Bertz CT molecular complexity index is 1020. The maximum Gasteiger partial charge on any atom is 0.285 e. The Labute approximate surface area is 193 Å². The van der Waals surface area contributed by atoms with Crippen LogP contribution in [0.5, 0.6) is 0 Å². The first-order chi connectivity index (χ1) is 14.9. The van der Waals surface area contributed by atoms with Crippen molar-refractivity contribution >= 4 is 27.3 Å². The Morgan fingerprint density at radius 2 is 1.97 bits per heavy atom. The van der Waals surface area contributed by atoms with Gasteiger partial charge in [0.15, 0.2) is 0 Å². The summed E-state index contributed by atoms with van der Waals surface area (Å²) in [6.45, 7) is 14.7. The molecule has 1 saturated heterocycles. The fourth-order valence-electron chi connectivity index (χ4n) is 4.10. The normalized spacial score (nSPS) is 15.7. The van der Waals surface area contributed by atoms with Gasteiger partial charge in [0, 0.05) is 44.1 Å². The van der Waals surface area contributed by atoms with Crippen LogP contribution in [0.2, 0.25) is 0 Å². The topological polar surface area (TPSA) is 44.3 Å². The van der Waals surface area contributed by atoms with E-state index in [1.807, 2.05) is 19.1 Å². The van der Waals surface area contributed by atoms with Gasteiger partial charge in [-0.15, -0.1) is 0 Å². The zero-order valence-corrected chi connectivity index (χ0v) is 20.4. The molecule has 1 aliphatic heterocycles. The number of H-pyrrole nitrogens is 1. The zero-order chi connectivity index (χ0) is 22.4. The monoisotopic (exact) mass is 484 g/mol. The van der Waals surface area contributed by atoms with Gasteiger partial charge in [-0.3, -0.25) is 14.8 Å². The second-order valence-corrected chi connectivity index (χ2v) is 8.89. The Morgan fingerprint density at radius 1 is 1.23 bits per heavy atom. The summed E-state index contributed by atoms with van der Waals surface area (Å²) in [5.74, 6) is 0. The van der Waals surface area contributed by atoms with Crippen LogP contribution in [-0.2, 0) is 6.54 Å². The number of piperazine rings is 1. The summed E-state index contributed by atoms with van der Waals surface area (Å²) in [5.41, 5.74) is 5.75. The fraction of sp³-hybridized carbons (Fsp3) is 0.400. The van der Waals surface area contributed by atoms with Gasteiger partial charge in [0.1, 0.15) is 4.47 Å². The largest absolute Gasteiger partial charge is 0.369 e. The highest BCUT2D eigenvalue weighted by atomic mass is 79.9. The van der Waals surface area contributed by atoms with Crippen LogP contribution < -0.4 is 10.5 Å². The smallest absolute Gasteiger partial charge is 0.285 e. The van der Waals surface area contributed by atoms with Crippen LogP contribution >= 0.6 is 15.9 Å². The zero-order valence-electron chi connectivity index (χ0n) is 18.8. The van der Waals surface area contributed by atoms with E-state index in [4.69, 9.17) is 0 Å². The second kappa shape index (κ2) is 10.8. The first kappa shape index (κ1) is 23.4. The lowest BCUT2D eigenvalue weighted by Gasteiger charge is -2.36. The lowest BCUT2D eigenvalue weighted by Crippen LogP contribution is -2.46. The van der Waals surface area contributed by atoms with Crippen LogP contribution in [0.1, 0.15) is 36.6 Å². The first-order valence-electron chi connectivity index (χ1n) is 10.9. The lowest BCUT2D eigenvalue weighted by molar-refractivity contribution is 0.246. The number of hydrogen-bond donors (Lipinski definition) is 1. The Morgan fingerprint density at radius 3 is 2.61 bits per heavy atom. The molecule has 31 heavy (non-hydrogen) atoms. The van der Waals surface area contributed by atoms with Crippen molar-refractivity contribution in [3.63, 3.8) is 0 Å². The van der Waals surface area contributed by atoms with Gasteiger partial charge in [0.25, 0.3) is 5.56 Å². The highest BCUT2D eigenvalue weighted by Gasteiger charge is 2.21. The van der Waals surface area contributed by atoms with E-state index < -0.39 is 0 Å². The molecule has 3 rings (SSSR count). The van der Waals surface area contributed by atoms with Crippen molar-refractivity contribution in [2.45, 2.75) is 40.2 Å². The van der Waals surface area contributed by atoms with Gasteiger partial charge in [-0.05, 0) is 67.2 Å². The molecule has 1 fully saturated rings. The molecule has 0 aliphatic carbocycles. The van der Waals surface area contributed by atoms with Crippen LogP contribution in [0.25, 0.3) is 5.70 Å². The molecule has 2 heterocycles. The Kier molecular flexibility index (Phi) is 8.15. The van der Waals surface area contributed by atoms with E-state index in [-0.39, 0.29) is 5.56 Å². The molecule has 1 aromatic carbocycles. The number of benzene rings is 1. The fourth-order valence-corrected chi connectivity index (χ4v) is 4.49. The van der Waals surface area contributed by atoms with Crippen molar-refractivity contribution in [2.75, 3.05) is 31.1 Å². The average Bonchev–Trinajstić information content (AvgIpc) is 3.02. The molecule has 0 unspecified atom stereocenters. The molecule has 5 nitrogen and oxygen atoms in total. The van der Waals surface area contributed by atoms with Gasteiger partial charge in [-0.2, -0.15) is 0 Å². The molecular weight excluding hydrogens is 452 g/mol. The molecule has 1 aliphatic rings. The summed E-state index contributed by atoms with van der Waals surface area (Å²) in [5, 5.41) is 3.33. The number of rotatable bonds is 8. The van der Waals surface area contributed by atoms with Crippen LogP contribution in [0, 0.1) is 13.8 Å². The van der Waals surface area contributed by atoms with Gasteiger partial charge < -0.3 is 4.90 Å². The number of aromatic amines is 1. The van der Waals surface area contributed by atoms with Crippen LogP contribution in [0.15, 0.2) is 58.3 Å². The van der Waals surface area contributed by atoms with Crippen LogP contribution in [0.4, 0.5) is 5.69 Å². The second-order valence-electron chi connectivity index (χ2n) is 8.10. The van der Waals surface area contributed by atoms with Crippen molar-refractivity contribution in [2.24, 2.45) is 0 Å². The molecule has 1 aromatic heterocycles. The molecule has 6 heteroatoms. The summed E-state index contributed by atoms with van der Waals surface area (Å²) < 4.78 is 2.27. The minimum absolute atomic E-state index is 0.0440. The van der Waals surface area contributed by atoms with Crippen molar-refractivity contribution in [1.82, 2.24) is 14.7 Å². The third-order valence-corrected chi connectivity index (χ3v) is 6.57. The molecule has 0 spiro atoms. The number of anilines is 1. The van der Waals surface area contributed by atoms with E-state index in [0.29, 0.717) is 4.47 Å². The summed E-state index contributed by atoms with van der Waals surface area (Å²) in [6, 6.07) is 6.66. The summed E-state index contributed by atoms with van der Waals surface area (Å²) in [7, 11) is 0. The molecule has 0 atom stereocenters. The average molecular weight is 485 g/mol. The minimum atomic E-state index is -0.0440. The number of allylic oxidation sites excluding steroid dienone is 5. The number of aromatic nitrogens is 2. The quantitative estimate of drug-likeness (QED) is 0.410. The van der Waals surface area contributed by atoms with E-state index in [2.05, 4.69) is 75.5 Å². The molecule has 166 valence electrons. The molecule has 2 aromatic rings. The molecule has 0 bridgehead atoms. The Hall–Kier alpha value is -2.31. The maximum atomic E-state index is 12.8. The van der Waals surface area contributed by atoms with E-state index in [1.54, 1.807) is 10.8 Å². The highest BCUT2D eigenvalue weighted by molar-refractivity contribution is 9.10. The van der Waals surface area contributed by atoms with Gasteiger partial charge in [-0.1, -0.05) is 42.5 Å². The van der Waals surface area contributed by atoms with E-state index in [9.17, 15) is 4.79 Å². The summed E-state index contributed by atoms with van der Waals surface area (Å²) in [6.07, 6.45) is 9.43. The van der Waals surface area contributed by atoms with Crippen LogP contribution in [-0.4, -0.2) is 40.9 Å². The van der Waals surface area contributed by atoms with Crippen molar-refractivity contribution < 1.29 is 0 Å². The molecule has 0 amide bonds. The number of aryl methyl sites for hydroxylation is 2. The van der Waals surface area contributed by atoms with Crippen molar-refractivity contribution in [3.8, 4) is 0 Å². The summed E-state index contributed by atoms with van der Waals surface area (Å²) >= 11 is 3.53. The van der Waals surface area contributed by atoms with E-state index >= 15 is 0 Å². The van der Waals surface area contributed by atoms with Gasteiger partial charge in [0.05, 0.1) is 5.69 Å². The van der Waals surface area contributed by atoms with Crippen LogP contribution in [0.3, 0.4) is 0 Å². The molecule has 0 saturated carbocycles. The molecule has 0 radical (unpaired) electrons. The molecular formula is C25H33BrN4O. The predicted molar refractivity (Wildman–Crippen MR) is 135 cm³/mol. The first-order valence-corrected chi connectivity index (χ1v) is 11.7. The highest BCUT2D eigenvalue weighted by Crippen LogP contribution is 2.23. The number of nitrogens with one attached hydrogen (secondary N) is 1. The van der Waals surface area contributed by atoms with Crippen molar-refractivity contribution in [3.05, 3.63) is 80.7 Å². The maximum absolute atomic E-state index is 12.8. The summed E-state index contributed by atoms with van der Waals surface area (Å²) in [4.78, 5) is 17.7. The minimum Gasteiger partial charge on any atom is -0.369 e. The number of halogens is 1. The number of hydrogen-bond acceptors (Lipinski definition) is 3. The molecule has 1 N–H and O–H groups in total. The number of nitrogens with zero attached hydrogens (tertiary/aromatic N) is 3. The Balaban J connectivity index is 1.68. The third kappa shape index (κ3) is 5.69. The van der Waals surface area contributed by atoms with Crippen molar-refractivity contribution in [1.29, 1.82) is 0 Å². The van der Waals surface area contributed by atoms with Gasteiger partial charge in [0.2, 0.25) is 0 Å². The predicted octanol–water partition coefficient (Wildman–Crippen LogP) is 5.26. The standard InChI is InChI=1S/C25H33BrN4O/c1-5-7-8-10-21(9-6-2)30-25(31)24(26)22(27-30)18-28-13-15-29(16-14-28)23-12-11-19(3)17-20(23)4/h5-7,9,11-12,17,27H,2,8,10,13-16,18H2,1,3-4H3/b7-5-,21-9+. The van der Waals surface area contributed by atoms with Gasteiger partial charge >= 0.3 is 0 Å². The third-order valence-electron chi connectivity index (χ3n) is 5.75. The SMILES string of the molecule is C=C/C=C(\CC/C=C\C)n1[nH]c(CN2CCN(c3ccc(C)cc3C)CC2)c(Br)c1=O. The van der Waals surface area contributed by atoms with E-state index in [1.165, 1.54) is 16.8 Å².